The molecule has 4 heteroatoms. The molecule has 1 aromatic carbocycles. The summed E-state index contributed by atoms with van der Waals surface area (Å²) in [6, 6.07) is 9.67. The minimum atomic E-state index is 0.227. The van der Waals surface area contributed by atoms with Crippen molar-refractivity contribution in [3.63, 3.8) is 0 Å². The molecule has 0 aliphatic carbocycles. The molecule has 0 radical (unpaired) electrons. The molecule has 1 aliphatic rings. The van der Waals surface area contributed by atoms with Crippen molar-refractivity contribution in [1.82, 2.24) is 20.1 Å². The van der Waals surface area contributed by atoms with Gasteiger partial charge in [0.2, 0.25) is 0 Å². The summed E-state index contributed by atoms with van der Waals surface area (Å²) < 4.78 is 2.08. The maximum absolute atomic E-state index is 4.49. The van der Waals surface area contributed by atoms with E-state index in [2.05, 4.69) is 72.0 Å². The molecule has 3 rings (SSSR count). The zero-order chi connectivity index (χ0) is 18.0. The van der Waals surface area contributed by atoms with Crippen molar-refractivity contribution in [2.24, 2.45) is 5.92 Å². The second-order valence-corrected chi connectivity index (χ2v) is 8.66. The summed E-state index contributed by atoms with van der Waals surface area (Å²) in [7, 11) is 0. The monoisotopic (exact) mass is 340 g/mol. The summed E-state index contributed by atoms with van der Waals surface area (Å²) in [6.45, 7) is 13.1. The van der Waals surface area contributed by atoms with E-state index in [-0.39, 0.29) is 5.41 Å². The molecule has 136 valence electrons. The van der Waals surface area contributed by atoms with Crippen LogP contribution in [0.5, 0.6) is 0 Å². The fourth-order valence-electron chi connectivity index (χ4n) is 3.58. The van der Waals surface area contributed by atoms with E-state index in [0.29, 0.717) is 12.0 Å². The highest BCUT2D eigenvalue weighted by Gasteiger charge is 2.21. The minimum Gasteiger partial charge on any atom is -0.312 e. The van der Waals surface area contributed by atoms with Gasteiger partial charge in [-0.15, -0.1) is 0 Å². The number of benzene rings is 1. The predicted octanol–water partition coefficient (Wildman–Crippen LogP) is 3.67. The molecule has 1 aromatic heterocycles. The number of hydrogen-bond donors (Lipinski definition) is 1. The number of aromatic nitrogens is 3. The highest BCUT2D eigenvalue weighted by molar-refractivity contribution is 5.27. The Bertz CT molecular complexity index is 694. The van der Waals surface area contributed by atoms with E-state index < -0.39 is 0 Å². The van der Waals surface area contributed by atoms with E-state index in [1.54, 1.807) is 0 Å². The molecule has 1 aliphatic heterocycles. The average Bonchev–Trinajstić information content (AvgIpc) is 2.92. The Morgan fingerprint density at radius 1 is 1.24 bits per heavy atom. The van der Waals surface area contributed by atoms with Gasteiger partial charge < -0.3 is 5.32 Å². The van der Waals surface area contributed by atoms with E-state index in [9.17, 15) is 0 Å². The summed E-state index contributed by atoms with van der Waals surface area (Å²) >= 11 is 0. The first-order valence-corrected chi connectivity index (χ1v) is 9.54. The Hall–Kier alpha value is -1.68. The largest absolute Gasteiger partial charge is 0.312 e. The lowest BCUT2D eigenvalue weighted by atomic mass is 9.86. The molecular weight excluding hydrogens is 308 g/mol. The van der Waals surface area contributed by atoms with E-state index >= 15 is 0 Å². The van der Waals surface area contributed by atoms with Crippen molar-refractivity contribution in [3.05, 3.63) is 47.0 Å². The zero-order valence-corrected chi connectivity index (χ0v) is 16.3. The smallest absolute Gasteiger partial charge is 0.147 e. The van der Waals surface area contributed by atoms with Crippen LogP contribution in [-0.4, -0.2) is 27.4 Å². The van der Waals surface area contributed by atoms with Crippen LogP contribution < -0.4 is 5.32 Å². The molecule has 0 fully saturated rings. The lowest BCUT2D eigenvalue weighted by Crippen LogP contribution is -2.40. The molecule has 0 spiro atoms. The summed E-state index contributed by atoms with van der Waals surface area (Å²) in [5.74, 6) is 2.66. The Labute approximate surface area is 152 Å². The van der Waals surface area contributed by atoms with Gasteiger partial charge in [-0.3, -0.25) is 0 Å². The molecule has 1 N–H and O–H groups in total. The third-order valence-electron chi connectivity index (χ3n) is 5.12. The molecule has 2 aromatic rings. The maximum Gasteiger partial charge on any atom is 0.147 e. The van der Waals surface area contributed by atoms with E-state index in [0.717, 1.165) is 44.0 Å². The first-order chi connectivity index (χ1) is 11.8. The van der Waals surface area contributed by atoms with Gasteiger partial charge in [0.25, 0.3) is 0 Å². The normalized spacial score (nSPS) is 18.8. The van der Waals surface area contributed by atoms with Crippen LogP contribution in [0.4, 0.5) is 0 Å². The zero-order valence-electron chi connectivity index (χ0n) is 16.3. The van der Waals surface area contributed by atoms with Gasteiger partial charge in [0.15, 0.2) is 0 Å². The third-order valence-corrected chi connectivity index (χ3v) is 5.12. The Kier molecular flexibility index (Phi) is 5.28. The lowest BCUT2D eigenvalue weighted by Gasteiger charge is -2.25. The van der Waals surface area contributed by atoms with Crippen molar-refractivity contribution in [1.29, 1.82) is 0 Å². The number of hydrogen-bond acceptors (Lipinski definition) is 3. The summed E-state index contributed by atoms with van der Waals surface area (Å²) in [6.07, 6.45) is 3.31. The molecule has 2 atom stereocenters. The summed E-state index contributed by atoms with van der Waals surface area (Å²) in [5.41, 5.74) is 3.06. The van der Waals surface area contributed by atoms with Crippen LogP contribution >= 0.6 is 0 Å². The second-order valence-electron chi connectivity index (χ2n) is 8.66. The van der Waals surface area contributed by atoms with Gasteiger partial charge >= 0.3 is 0 Å². The van der Waals surface area contributed by atoms with Crippen LogP contribution in [0, 0.1) is 12.8 Å². The molecule has 0 bridgehead atoms. The standard InChI is InChI=1S/C21H32N4/c1-15(12-17-6-8-18(9-7-17)21(3,4)5)13-22-19-10-11-20-23-16(2)24-25(20)14-19/h6-9,15,19,22H,10-14H2,1-5H3/t15-,19-/m0/s1. The Morgan fingerprint density at radius 2 is 1.96 bits per heavy atom. The predicted molar refractivity (Wildman–Crippen MR) is 103 cm³/mol. The van der Waals surface area contributed by atoms with Gasteiger partial charge in [0.1, 0.15) is 11.6 Å². The Balaban J connectivity index is 1.48. The summed E-state index contributed by atoms with van der Waals surface area (Å²) in [5, 5.41) is 8.23. The maximum atomic E-state index is 4.49. The first-order valence-electron chi connectivity index (χ1n) is 9.54. The van der Waals surface area contributed by atoms with Crippen molar-refractivity contribution < 1.29 is 0 Å². The number of rotatable bonds is 5. The van der Waals surface area contributed by atoms with Gasteiger partial charge in [-0.1, -0.05) is 52.0 Å². The minimum absolute atomic E-state index is 0.227. The molecule has 0 saturated carbocycles. The molecule has 0 unspecified atom stereocenters. The van der Waals surface area contributed by atoms with E-state index in [1.165, 1.54) is 11.1 Å². The average molecular weight is 341 g/mol. The molecule has 25 heavy (non-hydrogen) atoms. The molecular formula is C21H32N4. The second kappa shape index (κ2) is 7.28. The van der Waals surface area contributed by atoms with Crippen molar-refractivity contribution in [2.45, 2.75) is 71.9 Å². The van der Waals surface area contributed by atoms with Crippen molar-refractivity contribution >= 4 is 0 Å². The molecule has 0 saturated heterocycles. The Morgan fingerprint density at radius 3 is 2.64 bits per heavy atom. The van der Waals surface area contributed by atoms with Gasteiger partial charge in [-0.25, -0.2) is 9.67 Å². The van der Waals surface area contributed by atoms with Crippen molar-refractivity contribution in [2.75, 3.05) is 6.54 Å². The number of nitrogens with zero attached hydrogens (tertiary/aromatic N) is 3. The van der Waals surface area contributed by atoms with Gasteiger partial charge in [0, 0.05) is 12.5 Å². The first kappa shape index (κ1) is 18.1. The van der Waals surface area contributed by atoms with Crippen LogP contribution in [0.15, 0.2) is 24.3 Å². The van der Waals surface area contributed by atoms with Crippen LogP contribution in [0.25, 0.3) is 0 Å². The van der Waals surface area contributed by atoms with Crippen LogP contribution in [-0.2, 0) is 24.8 Å². The third kappa shape index (κ3) is 4.69. The number of nitrogens with one attached hydrogen (secondary N) is 1. The van der Waals surface area contributed by atoms with Gasteiger partial charge in [0.05, 0.1) is 6.54 Å². The molecule has 2 heterocycles. The van der Waals surface area contributed by atoms with Crippen LogP contribution in [0.1, 0.15) is 56.9 Å². The highest BCUT2D eigenvalue weighted by atomic mass is 15.4. The number of aryl methyl sites for hydroxylation is 2. The van der Waals surface area contributed by atoms with Crippen LogP contribution in [0.2, 0.25) is 0 Å². The highest BCUT2D eigenvalue weighted by Crippen LogP contribution is 2.23. The van der Waals surface area contributed by atoms with Crippen molar-refractivity contribution in [3.8, 4) is 0 Å². The fraction of sp³-hybridized carbons (Fsp3) is 0.619. The molecule has 0 amide bonds. The lowest BCUT2D eigenvalue weighted by molar-refractivity contribution is 0.340. The SMILES string of the molecule is Cc1nc2n(n1)C[C@@H](NC[C@@H](C)Cc1ccc(C(C)(C)C)cc1)CC2. The van der Waals surface area contributed by atoms with E-state index in [1.807, 2.05) is 6.92 Å². The van der Waals surface area contributed by atoms with Crippen LogP contribution in [0.3, 0.4) is 0 Å². The molecule has 4 nitrogen and oxygen atoms in total. The van der Waals surface area contributed by atoms with Gasteiger partial charge in [-0.05, 0) is 48.8 Å². The quantitative estimate of drug-likeness (QED) is 0.903. The number of fused-ring (bicyclic) bond motifs is 1. The van der Waals surface area contributed by atoms with Gasteiger partial charge in [-0.2, -0.15) is 5.10 Å². The topological polar surface area (TPSA) is 42.7 Å². The fourth-order valence-corrected chi connectivity index (χ4v) is 3.58. The summed E-state index contributed by atoms with van der Waals surface area (Å²) in [4.78, 5) is 4.49. The van der Waals surface area contributed by atoms with E-state index in [4.69, 9.17) is 0 Å².